The van der Waals surface area contributed by atoms with E-state index in [1.54, 1.807) is 24.4 Å². The van der Waals surface area contributed by atoms with E-state index in [9.17, 15) is 9.59 Å². The molecule has 2 aromatic heterocycles. The average molecular weight is 288 g/mol. The van der Waals surface area contributed by atoms with Crippen LogP contribution in [0, 0.1) is 0 Å². The first kappa shape index (κ1) is 13.9. The van der Waals surface area contributed by atoms with Gasteiger partial charge in [0.2, 0.25) is 0 Å². The molecule has 2 rings (SSSR count). The normalized spacial score (nSPS) is 10.4. The van der Waals surface area contributed by atoms with E-state index in [0.29, 0.717) is 0 Å². The number of rotatable bonds is 5. The van der Waals surface area contributed by atoms with Crippen molar-refractivity contribution in [1.29, 1.82) is 0 Å². The summed E-state index contributed by atoms with van der Waals surface area (Å²) in [7, 11) is 0. The molecule has 0 saturated carbocycles. The Morgan fingerprint density at radius 2 is 2.20 bits per heavy atom. The van der Waals surface area contributed by atoms with Crippen molar-refractivity contribution in [3.63, 3.8) is 0 Å². The van der Waals surface area contributed by atoms with Gasteiger partial charge in [-0.05, 0) is 23.6 Å². The van der Waals surface area contributed by atoms with Crippen molar-refractivity contribution in [2.75, 3.05) is 6.54 Å². The molecule has 2 aromatic rings. The van der Waals surface area contributed by atoms with Gasteiger partial charge in [-0.15, -0.1) is 11.3 Å². The van der Waals surface area contributed by atoms with Crippen molar-refractivity contribution in [3.05, 3.63) is 52.5 Å². The molecule has 2 heterocycles. The Morgan fingerprint density at radius 3 is 2.90 bits per heavy atom. The van der Waals surface area contributed by atoms with Crippen LogP contribution >= 0.6 is 11.3 Å². The molecule has 0 aliphatic carbocycles. The zero-order valence-electron chi connectivity index (χ0n) is 10.4. The molecule has 0 aliphatic heterocycles. The van der Waals surface area contributed by atoms with Gasteiger partial charge in [0.25, 0.3) is 11.8 Å². The van der Waals surface area contributed by atoms with Gasteiger partial charge in [-0.25, -0.2) is 5.43 Å². The molecular formula is C13H12N4O2S. The van der Waals surface area contributed by atoms with Crippen molar-refractivity contribution in [2.45, 2.75) is 0 Å². The van der Waals surface area contributed by atoms with E-state index in [1.807, 2.05) is 17.5 Å². The molecule has 0 aromatic carbocycles. The highest BCUT2D eigenvalue weighted by Gasteiger charge is 2.07. The Labute approximate surface area is 119 Å². The van der Waals surface area contributed by atoms with Crippen LogP contribution in [0.2, 0.25) is 0 Å². The lowest BCUT2D eigenvalue weighted by Crippen LogP contribution is -2.35. The first-order valence-corrected chi connectivity index (χ1v) is 6.68. The highest BCUT2D eigenvalue weighted by molar-refractivity contribution is 7.11. The maximum atomic E-state index is 11.6. The summed E-state index contributed by atoms with van der Waals surface area (Å²) in [6.07, 6.45) is 3.06. The van der Waals surface area contributed by atoms with E-state index in [1.165, 1.54) is 17.5 Å². The van der Waals surface area contributed by atoms with Crippen molar-refractivity contribution < 1.29 is 9.59 Å². The van der Waals surface area contributed by atoms with Gasteiger partial charge < -0.3 is 5.32 Å². The minimum Gasteiger partial charge on any atom is -0.342 e. The first-order chi connectivity index (χ1) is 9.75. The summed E-state index contributed by atoms with van der Waals surface area (Å²) in [4.78, 5) is 27.9. The van der Waals surface area contributed by atoms with E-state index < -0.39 is 11.8 Å². The van der Waals surface area contributed by atoms with Gasteiger partial charge in [0, 0.05) is 11.1 Å². The predicted octanol–water partition coefficient (Wildman–Crippen LogP) is 1.02. The van der Waals surface area contributed by atoms with E-state index in [-0.39, 0.29) is 12.2 Å². The molecule has 0 aliphatic rings. The van der Waals surface area contributed by atoms with Gasteiger partial charge in [-0.2, -0.15) is 5.10 Å². The second-order valence-corrected chi connectivity index (χ2v) is 4.69. The van der Waals surface area contributed by atoms with Crippen LogP contribution in [0.25, 0.3) is 0 Å². The third kappa shape index (κ3) is 4.29. The molecule has 102 valence electrons. The molecule has 0 spiro atoms. The second kappa shape index (κ2) is 7.15. The number of carbonyl (C=O) groups is 2. The van der Waals surface area contributed by atoms with Crippen molar-refractivity contribution in [2.24, 2.45) is 5.10 Å². The standard InChI is InChI=1S/C13H12N4O2S/c18-12(17-16-8-10-4-3-7-20-10)9-15-13(19)11-5-1-2-6-14-11/h1-8H,9H2,(H,15,19)(H,17,18)/b16-8+. The third-order valence-electron chi connectivity index (χ3n) is 2.23. The summed E-state index contributed by atoms with van der Waals surface area (Å²) >= 11 is 1.51. The molecular weight excluding hydrogens is 276 g/mol. The molecule has 0 atom stereocenters. The second-order valence-electron chi connectivity index (χ2n) is 3.71. The fraction of sp³-hybridized carbons (Fsp3) is 0.0769. The van der Waals surface area contributed by atoms with E-state index >= 15 is 0 Å². The largest absolute Gasteiger partial charge is 0.342 e. The lowest BCUT2D eigenvalue weighted by Gasteiger charge is -2.02. The topological polar surface area (TPSA) is 83.5 Å². The lowest BCUT2D eigenvalue weighted by molar-refractivity contribution is -0.120. The van der Waals surface area contributed by atoms with E-state index in [2.05, 4.69) is 20.8 Å². The Bertz CT molecular complexity index is 596. The number of nitrogens with one attached hydrogen (secondary N) is 2. The van der Waals surface area contributed by atoms with Crippen LogP contribution in [0.15, 0.2) is 47.0 Å². The van der Waals surface area contributed by atoms with Crippen LogP contribution in [0.5, 0.6) is 0 Å². The van der Waals surface area contributed by atoms with Crippen molar-refractivity contribution >= 4 is 29.4 Å². The highest BCUT2D eigenvalue weighted by Crippen LogP contribution is 2.03. The summed E-state index contributed by atoms with van der Waals surface area (Å²) in [5.74, 6) is -0.801. The SMILES string of the molecule is O=C(CNC(=O)c1ccccn1)N/N=C/c1cccs1. The quantitative estimate of drug-likeness (QED) is 0.636. The number of aromatic nitrogens is 1. The maximum absolute atomic E-state index is 11.6. The van der Waals surface area contributed by atoms with Crippen LogP contribution in [0.1, 0.15) is 15.4 Å². The number of carbonyl (C=O) groups excluding carboxylic acids is 2. The number of hydrogen-bond acceptors (Lipinski definition) is 5. The van der Waals surface area contributed by atoms with Crippen LogP contribution < -0.4 is 10.7 Å². The molecule has 0 radical (unpaired) electrons. The van der Waals surface area contributed by atoms with Crippen molar-refractivity contribution in [1.82, 2.24) is 15.7 Å². The van der Waals surface area contributed by atoms with Crippen LogP contribution in [-0.2, 0) is 4.79 Å². The minimum absolute atomic E-state index is 0.156. The van der Waals surface area contributed by atoms with Gasteiger partial charge >= 0.3 is 0 Å². The fourth-order valence-electron chi connectivity index (χ4n) is 1.32. The molecule has 0 fully saturated rings. The first-order valence-electron chi connectivity index (χ1n) is 5.80. The van der Waals surface area contributed by atoms with Gasteiger partial charge in [0.15, 0.2) is 0 Å². The lowest BCUT2D eigenvalue weighted by atomic mass is 10.3. The minimum atomic E-state index is -0.401. The molecule has 2 amide bonds. The number of hydrazone groups is 1. The zero-order chi connectivity index (χ0) is 14.2. The summed E-state index contributed by atoms with van der Waals surface area (Å²) in [5, 5.41) is 8.15. The summed E-state index contributed by atoms with van der Waals surface area (Å²) < 4.78 is 0. The van der Waals surface area contributed by atoms with Gasteiger partial charge in [0.05, 0.1) is 12.8 Å². The Kier molecular flexibility index (Phi) is 4.96. The molecule has 7 heteroatoms. The number of thiophene rings is 1. The summed E-state index contributed by atoms with van der Waals surface area (Å²) in [6.45, 7) is -0.156. The number of nitrogens with zero attached hydrogens (tertiary/aromatic N) is 2. The third-order valence-corrected chi connectivity index (χ3v) is 3.04. The monoisotopic (exact) mass is 288 g/mol. The zero-order valence-corrected chi connectivity index (χ0v) is 11.3. The fourth-order valence-corrected chi connectivity index (χ4v) is 1.91. The van der Waals surface area contributed by atoms with Crippen LogP contribution in [-0.4, -0.2) is 29.6 Å². The smallest absolute Gasteiger partial charge is 0.270 e. The molecule has 20 heavy (non-hydrogen) atoms. The number of amides is 2. The van der Waals surface area contributed by atoms with Crippen molar-refractivity contribution in [3.8, 4) is 0 Å². The van der Waals surface area contributed by atoms with Gasteiger partial charge in [-0.3, -0.25) is 14.6 Å². The van der Waals surface area contributed by atoms with Gasteiger partial charge in [0.1, 0.15) is 5.69 Å². The maximum Gasteiger partial charge on any atom is 0.270 e. The number of hydrogen-bond donors (Lipinski definition) is 2. The Balaban J connectivity index is 1.74. The Hall–Kier alpha value is -2.54. The van der Waals surface area contributed by atoms with Crippen LogP contribution in [0.4, 0.5) is 0 Å². The van der Waals surface area contributed by atoms with E-state index in [0.717, 1.165) is 4.88 Å². The van der Waals surface area contributed by atoms with Crippen LogP contribution in [0.3, 0.4) is 0 Å². The summed E-state index contributed by atoms with van der Waals surface area (Å²) in [5.41, 5.74) is 2.60. The highest BCUT2D eigenvalue weighted by atomic mass is 32.1. The van der Waals surface area contributed by atoms with E-state index in [4.69, 9.17) is 0 Å². The molecule has 0 unspecified atom stereocenters. The number of pyridine rings is 1. The average Bonchev–Trinajstić information content (AvgIpc) is 2.99. The molecule has 2 N–H and O–H groups in total. The molecule has 0 bridgehead atoms. The molecule has 6 nitrogen and oxygen atoms in total. The predicted molar refractivity (Wildman–Crippen MR) is 76.6 cm³/mol. The Morgan fingerprint density at radius 1 is 1.30 bits per heavy atom. The van der Waals surface area contributed by atoms with Gasteiger partial charge in [-0.1, -0.05) is 12.1 Å². The molecule has 0 saturated heterocycles. The summed E-state index contributed by atoms with van der Waals surface area (Å²) in [6, 6.07) is 8.75.